The van der Waals surface area contributed by atoms with E-state index in [1.807, 2.05) is 7.05 Å². The number of aromatic nitrogens is 4. The van der Waals surface area contributed by atoms with Gasteiger partial charge in [0.15, 0.2) is 5.82 Å². The maximum atomic E-state index is 4.32. The van der Waals surface area contributed by atoms with Gasteiger partial charge in [0.2, 0.25) is 0 Å². The SMILES string of the molecule is CCNC1CCC(CC)CC1Cc1nnn(C)n1. The highest BCUT2D eigenvalue weighted by atomic mass is 15.6. The number of aryl methyl sites for hydroxylation is 1. The fourth-order valence-corrected chi connectivity index (χ4v) is 3.13. The minimum atomic E-state index is 0.626. The predicted octanol–water partition coefficient (Wildman–Crippen LogP) is 1.56. The summed E-state index contributed by atoms with van der Waals surface area (Å²) in [4.78, 5) is 1.55. The van der Waals surface area contributed by atoms with Crippen LogP contribution in [-0.4, -0.2) is 32.8 Å². The molecule has 1 heterocycles. The molecule has 1 N–H and O–H groups in total. The van der Waals surface area contributed by atoms with Gasteiger partial charge in [-0.05, 0) is 42.9 Å². The monoisotopic (exact) mass is 251 g/mol. The molecule has 5 heteroatoms. The van der Waals surface area contributed by atoms with Gasteiger partial charge in [0.05, 0.1) is 7.05 Å². The van der Waals surface area contributed by atoms with Crippen LogP contribution in [0.4, 0.5) is 0 Å². The molecule has 1 aromatic rings. The van der Waals surface area contributed by atoms with Gasteiger partial charge < -0.3 is 5.32 Å². The molecule has 102 valence electrons. The largest absolute Gasteiger partial charge is 0.314 e. The summed E-state index contributed by atoms with van der Waals surface area (Å²) < 4.78 is 0. The summed E-state index contributed by atoms with van der Waals surface area (Å²) in [5.74, 6) is 2.43. The first-order valence-electron chi connectivity index (χ1n) is 7.19. The number of rotatable bonds is 5. The quantitative estimate of drug-likeness (QED) is 0.863. The highest BCUT2D eigenvalue weighted by molar-refractivity contribution is 4.91. The van der Waals surface area contributed by atoms with E-state index in [0.717, 1.165) is 24.7 Å². The molecule has 1 aliphatic rings. The fraction of sp³-hybridized carbons (Fsp3) is 0.923. The summed E-state index contributed by atoms with van der Waals surface area (Å²) in [5, 5.41) is 16.0. The zero-order valence-electron chi connectivity index (χ0n) is 11.8. The van der Waals surface area contributed by atoms with Crippen LogP contribution >= 0.6 is 0 Å². The zero-order valence-corrected chi connectivity index (χ0v) is 11.8. The Labute approximate surface area is 109 Å². The second kappa shape index (κ2) is 6.27. The lowest BCUT2D eigenvalue weighted by Crippen LogP contribution is -2.41. The first-order valence-corrected chi connectivity index (χ1v) is 7.19. The zero-order chi connectivity index (χ0) is 13.0. The van der Waals surface area contributed by atoms with E-state index in [9.17, 15) is 0 Å². The van der Waals surface area contributed by atoms with Crippen LogP contribution in [0.2, 0.25) is 0 Å². The van der Waals surface area contributed by atoms with Gasteiger partial charge in [-0.25, -0.2) is 0 Å². The van der Waals surface area contributed by atoms with Crippen molar-refractivity contribution >= 4 is 0 Å². The second-order valence-corrected chi connectivity index (χ2v) is 5.41. The first kappa shape index (κ1) is 13.5. The molecular weight excluding hydrogens is 226 g/mol. The van der Waals surface area contributed by atoms with E-state index in [4.69, 9.17) is 0 Å². The first-order chi connectivity index (χ1) is 8.72. The number of nitrogens with zero attached hydrogens (tertiary/aromatic N) is 4. The lowest BCUT2D eigenvalue weighted by Gasteiger charge is -2.36. The summed E-state index contributed by atoms with van der Waals surface area (Å²) in [6, 6.07) is 0.626. The molecule has 0 spiro atoms. The fourth-order valence-electron chi connectivity index (χ4n) is 3.13. The van der Waals surface area contributed by atoms with Gasteiger partial charge in [-0.15, -0.1) is 10.2 Å². The van der Waals surface area contributed by atoms with Crippen molar-refractivity contribution in [3.05, 3.63) is 5.82 Å². The maximum Gasteiger partial charge on any atom is 0.175 e. The summed E-state index contributed by atoms with van der Waals surface area (Å²) >= 11 is 0. The highest BCUT2D eigenvalue weighted by Gasteiger charge is 2.30. The molecule has 0 aliphatic heterocycles. The van der Waals surface area contributed by atoms with E-state index >= 15 is 0 Å². The van der Waals surface area contributed by atoms with Gasteiger partial charge in [-0.3, -0.25) is 0 Å². The molecule has 5 nitrogen and oxygen atoms in total. The number of hydrogen-bond acceptors (Lipinski definition) is 4. The molecule has 0 aromatic carbocycles. The smallest absolute Gasteiger partial charge is 0.175 e. The summed E-state index contributed by atoms with van der Waals surface area (Å²) in [6.07, 6.45) is 6.20. The molecule has 1 saturated carbocycles. The van der Waals surface area contributed by atoms with E-state index in [1.165, 1.54) is 25.7 Å². The van der Waals surface area contributed by atoms with Crippen LogP contribution in [0.5, 0.6) is 0 Å². The normalized spacial score (nSPS) is 28.5. The van der Waals surface area contributed by atoms with E-state index in [2.05, 4.69) is 34.6 Å². The van der Waals surface area contributed by atoms with Gasteiger partial charge in [0, 0.05) is 12.5 Å². The van der Waals surface area contributed by atoms with Crippen molar-refractivity contribution in [2.75, 3.05) is 6.54 Å². The Morgan fingerprint density at radius 3 is 2.78 bits per heavy atom. The van der Waals surface area contributed by atoms with Crippen molar-refractivity contribution in [2.45, 2.75) is 52.0 Å². The number of hydrogen-bond donors (Lipinski definition) is 1. The Kier molecular flexibility index (Phi) is 4.69. The molecule has 18 heavy (non-hydrogen) atoms. The van der Waals surface area contributed by atoms with Crippen molar-refractivity contribution < 1.29 is 0 Å². The molecule has 0 radical (unpaired) electrons. The topological polar surface area (TPSA) is 55.6 Å². The third-order valence-corrected chi connectivity index (χ3v) is 4.13. The van der Waals surface area contributed by atoms with Gasteiger partial charge in [0.25, 0.3) is 0 Å². The average molecular weight is 251 g/mol. The van der Waals surface area contributed by atoms with E-state index < -0.39 is 0 Å². The van der Waals surface area contributed by atoms with Crippen LogP contribution in [0.15, 0.2) is 0 Å². The molecule has 1 fully saturated rings. The molecular formula is C13H25N5. The summed E-state index contributed by atoms with van der Waals surface area (Å²) in [6.45, 7) is 5.53. The molecule has 3 unspecified atom stereocenters. The third kappa shape index (κ3) is 3.28. The molecule has 0 saturated heterocycles. The van der Waals surface area contributed by atoms with Crippen molar-refractivity contribution in [3.63, 3.8) is 0 Å². The van der Waals surface area contributed by atoms with Crippen molar-refractivity contribution in [2.24, 2.45) is 18.9 Å². The predicted molar refractivity (Wildman–Crippen MR) is 71.1 cm³/mol. The van der Waals surface area contributed by atoms with Crippen LogP contribution in [-0.2, 0) is 13.5 Å². The number of nitrogens with one attached hydrogen (secondary N) is 1. The lowest BCUT2D eigenvalue weighted by atomic mass is 9.75. The van der Waals surface area contributed by atoms with Gasteiger partial charge in [-0.2, -0.15) is 4.80 Å². The Bertz CT molecular complexity index is 362. The van der Waals surface area contributed by atoms with Crippen LogP contribution < -0.4 is 5.32 Å². The Hall–Kier alpha value is -0.970. The van der Waals surface area contributed by atoms with Crippen molar-refractivity contribution in [1.82, 2.24) is 25.5 Å². The molecule has 0 amide bonds. The second-order valence-electron chi connectivity index (χ2n) is 5.41. The minimum absolute atomic E-state index is 0.626. The standard InChI is InChI=1S/C13H25N5/c1-4-10-6-7-12(14-5-2)11(8-10)9-13-15-17-18(3)16-13/h10-12,14H,4-9H2,1-3H3. The number of tetrazole rings is 1. The van der Waals surface area contributed by atoms with Gasteiger partial charge in [-0.1, -0.05) is 20.3 Å². The summed E-state index contributed by atoms with van der Waals surface area (Å²) in [7, 11) is 1.83. The third-order valence-electron chi connectivity index (χ3n) is 4.13. The molecule has 2 rings (SSSR count). The minimum Gasteiger partial charge on any atom is -0.314 e. The maximum absolute atomic E-state index is 4.32. The van der Waals surface area contributed by atoms with Crippen LogP contribution in [0, 0.1) is 11.8 Å². The Balaban J connectivity index is 2.00. The van der Waals surface area contributed by atoms with Crippen molar-refractivity contribution in [1.29, 1.82) is 0 Å². The lowest BCUT2D eigenvalue weighted by molar-refractivity contribution is 0.197. The van der Waals surface area contributed by atoms with Crippen molar-refractivity contribution in [3.8, 4) is 0 Å². The van der Waals surface area contributed by atoms with Gasteiger partial charge in [0.1, 0.15) is 0 Å². The van der Waals surface area contributed by atoms with Crippen LogP contribution in [0.3, 0.4) is 0 Å². The Morgan fingerprint density at radius 2 is 2.17 bits per heavy atom. The molecule has 1 aliphatic carbocycles. The molecule has 3 atom stereocenters. The van der Waals surface area contributed by atoms with Gasteiger partial charge >= 0.3 is 0 Å². The molecule has 0 bridgehead atoms. The highest BCUT2D eigenvalue weighted by Crippen LogP contribution is 2.32. The van der Waals surface area contributed by atoms with E-state index in [1.54, 1.807) is 4.80 Å². The van der Waals surface area contributed by atoms with E-state index in [0.29, 0.717) is 12.0 Å². The van der Waals surface area contributed by atoms with Crippen LogP contribution in [0.25, 0.3) is 0 Å². The van der Waals surface area contributed by atoms with E-state index in [-0.39, 0.29) is 0 Å². The van der Waals surface area contributed by atoms with Crippen LogP contribution in [0.1, 0.15) is 45.4 Å². The Morgan fingerprint density at radius 1 is 1.33 bits per heavy atom. The summed E-state index contributed by atoms with van der Waals surface area (Å²) in [5.41, 5.74) is 0. The average Bonchev–Trinajstić information content (AvgIpc) is 2.77. The molecule has 1 aromatic heterocycles.